The van der Waals surface area contributed by atoms with E-state index in [2.05, 4.69) is 6.92 Å². The number of carbonyl (C=O) groups is 1. The number of nitrogens with zero attached hydrogens (tertiary/aromatic N) is 2. The highest BCUT2D eigenvalue weighted by Crippen LogP contribution is 2.18. The van der Waals surface area contributed by atoms with Crippen molar-refractivity contribution in [3.63, 3.8) is 0 Å². The minimum atomic E-state index is -0.439. The second kappa shape index (κ2) is 6.32. The Morgan fingerprint density at radius 1 is 1.45 bits per heavy atom. The van der Waals surface area contributed by atoms with Gasteiger partial charge in [-0.2, -0.15) is 0 Å². The summed E-state index contributed by atoms with van der Waals surface area (Å²) in [5, 5.41) is 10.7. The first-order valence-electron chi connectivity index (χ1n) is 6.81. The Kier molecular flexibility index (Phi) is 4.50. The van der Waals surface area contributed by atoms with Crippen molar-refractivity contribution in [1.29, 1.82) is 0 Å². The summed E-state index contributed by atoms with van der Waals surface area (Å²) in [4.78, 5) is 24.2. The summed E-state index contributed by atoms with van der Waals surface area (Å²) in [6.07, 6.45) is 6.38. The maximum absolute atomic E-state index is 12.1. The van der Waals surface area contributed by atoms with Crippen LogP contribution in [0.25, 0.3) is 6.08 Å². The predicted molar refractivity (Wildman–Crippen MR) is 77.2 cm³/mol. The average Bonchev–Trinajstić information content (AvgIpc) is 2.45. The van der Waals surface area contributed by atoms with Crippen molar-refractivity contribution in [2.75, 3.05) is 6.54 Å². The van der Waals surface area contributed by atoms with Crippen LogP contribution in [0.3, 0.4) is 0 Å². The van der Waals surface area contributed by atoms with E-state index < -0.39 is 4.92 Å². The van der Waals surface area contributed by atoms with Crippen LogP contribution in [-0.2, 0) is 4.79 Å². The molecule has 0 unspecified atom stereocenters. The molecule has 0 aromatic heterocycles. The van der Waals surface area contributed by atoms with Crippen LogP contribution in [0.5, 0.6) is 0 Å². The Morgan fingerprint density at radius 3 is 2.95 bits per heavy atom. The number of piperidine rings is 1. The summed E-state index contributed by atoms with van der Waals surface area (Å²) in [7, 11) is 0. The second-order valence-corrected chi connectivity index (χ2v) is 5.06. The van der Waals surface area contributed by atoms with E-state index in [1.54, 1.807) is 18.2 Å². The van der Waals surface area contributed by atoms with Crippen molar-refractivity contribution in [2.24, 2.45) is 0 Å². The zero-order chi connectivity index (χ0) is 14.5. The standard InChI is InChI=1S/C15H18N2O3/c1-12-5-2-3-10-16(12)15(18)9-8-13-6-4-7-14(11-13)17(19)20/h4,6-9,11-12H,2-3,5,10H2,1H3/b9-8+/t12-/m1/s1. The number of amides is 1. The summed E-state index contributed by atoms with van der Waals surface area (Å²) in [6.45, 7) is 2.84. The van der Waals surface area contributed by atoms with Crippen LogP contribution in [0.1, 0.15) is 31.7 Å². The molecule has 0 aliphatic carbocycles. The Hall–Kier alpha value is -2.17. The van der Waals surface area contributed by atoms with Crippen LogP contribution in [0, 0.1) is 10.1 Å². The van der Waals surface area contributed by atoms with Crippen molar-refractivity contribution in [1.82, 2.24) is 4.90 Å². The smallest absolute Gasteiger partial charge is 0.270 e. The van der Waals surface area contributed by atoms with E-state index in [1.165, 1.54) is 24.6 Å². The van der Waals surface area contributed by atoms with Crippen molar-refractivity contribution in [3.8, 4) is 0 Å². The van der Waals surface area contributed by atoms with Gasteiger partial charge < -0.3 is 4.90 Å². The third-order valence-corrected chi connectivity index (χ3v) is 3.59. The number of hydrogen-bond donors (Lipinski definition) is 0. The van der Waals surface area contributed by atoms with E-state index >= 15 is 0 Å². The Morgan fingerprint density at radius 2 is 2.25 bits per heavy atom. The number of hydrogen-bond acceptors (Lipinski definition) is 3. The summed E-state index contributed by atoms with van der Waals surface area (Å²) in [5.74, 6) is -0.0243. The van der Waals surface area contributed by atoms with Crippen LogP contribution in [-0.4, -0.2) is 28.3 Å². The van der Waals surface area contributed by atoms with E-state index in [0.29, 0.717) is 5.56 Å². The normalized spacial score (nSPS) is 19.2. The van der Waals surface area contributed by atoms with Gasteiger partial charge in [0.1, 0.15) is 0 Å². The molecular formula is C15H18N2O3. The third-order valence-electron chi connectivity index (χ3n) is 3.59. The molecule has 1 heterocycles. The second-order valence-electron chi connectivity index (χ2n) is 5.06. The zero-order valence-corrected chi connectivity index (χ0v) is 11.5. The number of likely N-dealkylation sites (tertiary alicyclic amines) is 1. The molecule has 2 rings (SSSR count). The fraction of sp³-hybridized carbons (Fsp3) is 0.400. The molecule has 0 spiro atoms. The van der Waals surface area contributed by atoms with Crippen LogP contribution in [0.4, 0.5) is 5.69 Å². The number of carbonyl (C=O) groups excluding carboxylic acids is 1. The monoisotopic (exact) mass is 274 g/mol. The van der Waals surface area contributed by atoms with Gasteiger partial charge in [-0.3, -0.25) is 14.9 Å². The van der Waals surface area contributed by atoms with Gasteiger partial charge in [0.2, 0.25) is 5.91 Å². The zero-order valence-electron chi connectivity index (χ0n) is 11.5. The molecule has 0 N–H and O–H groups in total. The molecule has 0 bridgehead atoms. The van der Waals surface area contributed by atoms with Crippen LogP contribution in [0.2, 0.25) is 0 Å². The van der Waals surface area contributed by atoms with Gasteiger partial charge in [-0.15, -0.1) is 0 Å². The van der Waals surface area contributed by atoms with Gasteiger partial charge in [0.05, 0.1) is 4.92 Å². The quantitative estimate of drug-likeness (QED) is 0.483. The fourth-order valence-electron chi connectivity index (χ4n) is 2.43. The molecule has 1 aromatic rings. The fourth-order valence-corrected chi connectivity index (χ4v) is 2.43. The van der Waals surface area contributed by atoms with Gasteiger partial charge in [0.25, 0.3) is 5.69 Å². The van der Waals surface area contributed by atoms with E-state index in [0.717, 1.165) is 19.4 Å². The molecule has 5 heteroatoms. The van der Waals surface area contributed by atoms with E-state index in [9.17, 15) is 14.9 Å². The maximum atomic E-state index is 12.1. The molecule has 1 atom stereocenters. The lowest BCUT2D eigenvalue weighted by molar-refractivity contribution is -0.384. The van der Waals surface area contributed by atoms with Crippen LogP contribution < -0.4 is 0 Å². The molecule has 1 fully saturated rings. The van der Waals surface area contributed by atoms with E-state index in [1.807, 2.05) is 4.90 Å². The third kappa shape index (κ3) is 3.44. The molecular weight excluding hydrogens is 256 g/mol. The van der Waals surface area contributed by atoms with Gasteiger partial charge in [0.15, 0.2) is 0 Å². The van der Waals surface area contributed by atoms with Crippen molar-refractivity contribution < 1.29 is 9.72 Å². The van der Waals surface area contributed by atoms with Crippen molar-refractivity contribution >= 4 is 17.7 Å². The summed E-state index contributed by atoms with van der Waals surface area (Å²) in [5.41, 5.74) is 0.697. The summed E-state index contributed by atoms with van der Waals surface area (Å²) in [6, 6.07) is 6.53. The maximum Gasteiger partial charge on any atom is 0.270 e. The minimum Gasteiger partial charge on any atom is -0.336 e. The lowest BCUT2D eigenvalue weighted by Crippen LogP contribution is -2.41. The van der Waals surface area contributed by atoms with Gasteiger partial charge in [-0.1, -0.05) is 12.1 Å². The van der Waals surface area contributed by atoms with Gasteiger partial charge in [-0.05, 0) is 37.8 Å². The highest BCUT2D eigenvalue weighted by Gasteiger charge is 2.21. The number of non-ortho nitro benzene ring substituents is 1. The average molecular weight is 274 g/mol. The molecule has 1 saturated heterocycles. The first-order chi connectivity index (χ1) is 9.58. The number of rotatable bonds is 3. The molecule has 0 radical (unpaired) electrons. The Bertz CT molecular complexity index is 540. The van der Waals surface area contributed by atoms with Gasteiger partial charge >= 0.3 is 0 Å². The Balaban J connectivity index is 2.06. The molecule has 106 valence electrons. The predicted octanol–water partition coefficient (Wildman–Crippen LogP) is 3.01. The highest BCUT2D eigenvalue weighted by atomic mass is 16.6. The number of nitro groups is 1. The lowest BCUT2D eigenvalue weighted by Gasteiger charge is -2.32. The molecule has 0 saturated carbocycles. The first kappa shape index (κ1) is 14.2. The SMILES string of the molecule is C[C@@H]1CCCCN1C(=O)/C=C/c1cccc([N+](=O)[O-])c1. The molecule has 20 heavy (non-hydrogen) atoms. The van der Waals surface area contributed by atoms with Crippen molar-refractivity contribution in [2.45, 2.75) is 32.2 Å². The molecule has 1 aliphatic rings. The van der Waals surface area contributed by atoms with Crippen molar-refractivity contribution in [3.05, 3.63) is 46.0 Å². The molecule has 1 aliphatic heterocycles. The molecule has 5 nitrogen and oxygen atoms in total. The summed E-state index contributed by atoms with van der Waals surface area (Å²) >= 11 is 0. The summed E-state index contributed by atoms with van der Waals surface area (Å²) < 4.78 is 0. The van der Waals surface area contributed by atoms with E-state index in [-0.39, 0.29) is 17.6 Å². The highest BCUT2D eigenvalue weighted by molar-refractivity contribution is 5.92. The number of nitro benzene ring substituents is 1. The Labute approximate surface area is 118 Å². The van der Waals surface area contributed by atoms with Gasteiger partial charge in [-0.25, -0.2) is 0 Å². The van der Waals surface area contributed by atoms with Crippen LogP contribution >= 0.6 is 0 Å². The molecule has 1 aromatic carbocycles. The van der Waals surface area contributed by atoms with Crippen LogP contribution in [0.15, 0.2) is 30.3 Å². The first-order valence-corrected chi connectivity index (χ1v) is 6.81. The topological polar surface area (TPSA) is 63.5 Å². The van der Waals surface area contributed by atoms with Gasteiger partial charge in [0, 0.05) is 30.8 Å². The largest absolute Gasteiger partial charge is 0.336 e. The lowest BCUT2D eigenvalue weighted by atomic mass is 10.0. The van der Waals surface area contributed by atoms with E-state index in [4.69, 9.17) is 0 Å². The number of benzene rings is 1. The molecule has 1 amide bonds. The minimum absolute atomic E-state index is 0.0243.